The third-order valence-corrected chi connectivity index (χ3v) is 3.00. The van der Waals surface area contributed by atoms with Crippen LogP contribution in [0.15, 0.2) is 34.9 Å². The van der Waals surface area contributed by atoms with Crippen LogP contribution in [0.3, 0.4) is 0 Å². The molecular formula is C14H16ClN3O2. The molecule has 0 aliphatic heterocycles. The van der Waals surface area contributed by atoms with Crippen molar-refractivity contribution in [3.05, 3.63) is 41.0 Å². The summed E-state index contributed by atoms with van der Waals surface area (Å²) in [7, 11) is 0. The Kier molecular flexibility index (Phi) is 5.15. The minimum atomic E-state index is -0.251. The number of carbonyl (C=O) groups excluding carboxylic acids is 1. The lowest BCUT2D eigenvalue weighted by atomic mass is 10.1. The predicted octanol–water partition coefficient (Wildman–Crippen LogP) is 2.46. The van der Waals surface area contributed by atoms with Crippen molar-refractivity contribution in [2.24, 2.45) is 5.73 Å². The number of nitrogens with zero attached hydrogens (tertiary/aromatic N) is 1. The topological polar surface area (TPSA) is 81.1 Å². The van der Waals surface area contributed by atoms with Gasteiger partial charge in [0, 0.05) is 23.2 Å². The molecule has 0 radical (unpaired) electrons. The summed E-state index contributed by atoms with van der Waals surface area (Å²) >= 11 is 5.91. The van der Waals surface area contributed by atoms with Gasteiger partial charge in [-0.3, -0.25) is 4.79 Å². The average molecular weight is 294 g/mol. The van der Waals surface area contributed by atoms with E-state index in [1.54, 1.807) is 18.2 Å². The van der Waals surface area contributed by atoms with Gasteiger partial charge in [-0.1, -0.05) is 28.9 Å². The fourth-order valence-electron chi connectivity index (χ4n) is 1.72. The molecule has 0 saturated heterocycles. The average Bonchev–Trinajstić information content (AvgIpc) is 2.93. The van der Waals surface area contributed by atoms with Crippen molar-refractivity contribution in [2.45, 2.75) is 12.8 Å². The number of hydrogen-bond acceptors (Lipinski definition) is 4. The summed E-state index contributed by atoms with van der Waals surface area (Å²) in [6, 6.07) is 8.78. The summed E-state index contributed by atoms with van der Waals surface area (Å²) < 4.78 is 5.16. The van der Waals surface area contributed by atoms with Crippen LogP contribution in [0.25, 0.3) is 11.3 Å². The summed E-state index contributed by atoms with van der Waals surface area (Å²) in [6.07, 6.45) is 1.73. The Bertz CT molecular complexity index is 583. The van der Waals surface area contributed by atoms with Crippen molar-refractivity contribution >= 4 is 17.5 Å². The summed E-state index contributed by atoms with van der Waals surface area (Å²) in [5, 5.41) is 7.14. The second-order valence-corrected chi connectivity index (χ2v) is 4.77. The molecule has 0 fully saturated rings. The number of carbonyl (C=O) groups is 1. The van der Waals surface area contributed by atoms with Crippen LogP contribution < -0.4 is 11.1 Å². The lowest BCUT2D eigenvalue weighted by Crippen LogP contribution is -2.25. The van der Waals surface area contributed by atoms with Crippen molar-refractivity contribution in [3.8, 4) is 11.3 Å². The van der Waals surface area contributed by atoms with E-state index in [4.69, 9.17) is 21.9 Å². The highest BCUT2D eigenvalue weighted by molar-refractivity contribution is 6.30. The smallest absolute Gasteiger partial charge is 0.273 e. The highest BCUT2D eigenvalue weighted by Crippen LogP contribution is 2.23. The molecule has 0 atom stereocenters. The standard InChI is InChI=1S/C14H16ClN3O2/c15-11-5-3-4-10(8-11)13-9-12(18-20-13)14(19)17-7-2-1-6-16/h3-5,8-9H,1-2,6-7,16H2,(H,17,19). The van der Waals surface area contributed by atoms with Crippen LogP contribution in [0, 0.1) is 0 Å². The van der Waals surface area contributed by atoms with Gasteiger partial charge in [0.2, 0.25) is 0 Å². The lowest BCUT2D eigenvalue weighted by Gasteiger charge is -2.00. The molecule has 0 aliphatic rings. The van der Waals surface area contributed by atoms with Crippen LogP contribution in [-0.4, -0.2) is 24.2 Å². The molecule has 1 amide bonds. The molecular weight excluding hydrogens is 278 g/mol. The summed E-state index contributed by atoms with van der Waals surface area (Å²) in [4.78, 5) is 11.8. The predicted molar refractivity (Wildman–Crippen MR) is 77.6 cm³/mol. The van der Waals surface area contributed by atoms with Crippen molar-refractivity contribution < 1.29 is 9.32 Å². The van der Waals surface area contributed by atoms with Crippen LogP contribution >= 0.6 is 11.6 Å². The number of aromatic nitrogens is 1. The third kappa shape index (κ3) is 3.82. The number of rotatable bonds is 6. The summed E-state index contributed by atoms with van der Waals surface area (Å²) in [6.45, 7) is 1.20. The Morgan fingerprint density at radius 3 is 2.95 bits per heavy atom. The van der Waals surface area contributed by atoms with Crippen LogP contribution in [0.4, 0.5) is 0 Å². The van der Waals surface area contributed by atoms with Crippen LogP contribution in [-0.2, 0) is 0 Å². The van der Waals surface area contributed by atoms with Gasteiger partial charge >= 0.3 is 0 Å². The third-order valence-electron chi connectivity index (χ3n) is 2.77. The number of halogens is 1. The van der Waals surface area contributed by atoms with Gasteiger partial charge < -0.3 is 15.6 Å². The Morgan fingerprint density at radius 2 is 2.20 bits per heavy atom. The highest BCUT2D eigenvalue weighted by Gasteiger charge is 2.13. The number of unbranched alkanes of at least 4 members (excludes halogenated alkanes) is 1. The fraction of sp³-hybridized carbons (Fsp3) is 0.286. The second-order valence-electron chi connectivity index (χ2n) is 4.34. The van der Waals surface area contributed by atoms with Crippen LogP contribution in [0.2, 0.25) is 5.02 Å². The van der Waals surface area contributed by atoms with Crippen molar-refractivity contribution in [3.63, 3.8) is 0 Å². The van der Waals surface area contributed by atoms with Gasteiger partial charge in [0.25, 0.3) is 5.91 Å². The first kappa shape index (κ1) is 14.6. The quantitative estimate of drug-likeness (QED) is 0.802. The van der Waals surface area contributed by atoms with Gasteiger partial charge in [-0.15, -0.1) is 0 Å². The Labute approximate surface area is 122 Å². The Hall–Kier alpha value is -1.85. The van der Waals surface area contributed by atoms with E-state index in [2.05, 4.69) is 10.5 Å². The first-order valence-electron chi connectivity index (χ1n) is 6.41. The van der Waals surface area contributed by atoms with Gasteiger partial charge in [-0.2, -0.15) is 0 Å². The lowest BCUT2D eigenvalue weighted by molar-refractivity contribution is 0.0944. The van der Waals surface area contributed by atoms with Crippen LogP contribution in [0.1, 0.15) is 23.3 Å². The molecule has 0 spiro atoms. The first-order chi connectivity index (χ1) is 9.70. The molecule has 5 nitrogen and oxygen atoms in total. The number of nitrogens with one attached hydrogen (secondary N) is 1. The van der Waals surface area contributed by atoms with E-state index in [0.717, 1.165) is 18.4 Å². The van der Waals surface area contributed by atoms with E-state index in [-0.39, 0.29) is 11.6 Å². The minimum absolute atomic E-state index is 0.251. The SMILES string of the molecule is NCCCCNC(=O)c1cc(-c2cccc(Cl)c2)on1. The first-order valence-corrected chi connectivity index (χ1v) is 6.79. The van der Waals surface area contributed by atoms with Crippen molar-refractivity contribution in [2.75, 3.05) is 13.1 Å². The Morgan fingerprint density at radius 1 is 1.35 bits per heavy atom. The highest BCUT2D eigenvalue weighted by atomic mass is 35.5. The minimum Gasteiger partial charge on any atom is -0.355 e. The number of nitrogens with two attached hydrogens (primary N) is 1. The zero-order chi connectivity index (χ0) is 14.4. The molecule has 106 valence electrons. The van der Waals surface area contributed by atoms with Gasteiger partial charge in [0.1, 0.15) is 0 Å². The molecule has 6 heteroatoms. The van der Waals surface area contributed by atoms with Gasteiger partial charge in [0.05, 0.1) is 0 Å². The molecule has 0 saturated carbocycles. The van der Waals surface area contributed by atoms with Crippen molar-refractivity contribution in [1.82, 2.24) is 10.5 Å². The van der Waals surface area contributed by atoms with Gasteiger partial charge in [-0.25, -0.2) is 0 Å². The second kappa shape index (κ2) is 7.07. The normalized spacial score (nSPS) is 10.5. The molecule has 0 bridgehead atoms. The molecule has 0 aliphatic carbocycles. The molecule has 1 heterocycles. The number of benzene rings is 1. The van der Waals surface area contributed by atoms with Gasteiger partial charge in [-0.05, 0) is 31.5 Å². The van der Waals surface area contributed by atoms with Crippen molar-refractivity contribution in [1.29, 1.82) is 0 Å². The molecule has 0 unspecified atom stereocenters. The Balaban J connectivity index is 2.00. The van der Waals surface area contributed by atoms with E-state index in [1.165, 1.54) is 0 Å². The van der Waals surface area contributed by atoms with E-state index in [9.17, 15) is 4.79 Å². The zero-order valence-corrected chi connectivity index (χ0v) is 11.7. The molecule has 2 aromatic rings. The van der Waals surface area contributed by atoms with Crippen LogP contribution in [0.5, 0.6) is 0 Å². The number of hydrogen-bond donors (Lipinski definition) is 2. The largest absolute Gasteiger partial charge is 0.355 e. The maximum atomic E-state index is 11.8. The maximum absolute atomic E-state index is 11.8. The molecule has 3 N–H and O–H groups in total. The van der Waals surface area contributed by atoms with E-state index in [1.807, 2.05) is 12.1 Å². The monoisotopic (exact) mass is 293 g/mol. The fourth-order valence-corrected chi connectivity index (χ4v) is 1.91. The van der Waals surface area contributed by atoms with E-state index >= 15 is 0 Å². The molecule has 20 heavy (non-hydrogen) atoms. The zero-order valence-electron chi connectivity index (χ0n) is 10.9. The molecule has 1 aromatic carbocycles. The van der Waals surface area contributed by atoms with Gasteiger partial charge in [0.15, 0.2) is 11.5 Å². The van der Waals surface area contributed by atoms with E-state index < -0.39 is 0 Å². The molecule has 1 aromatic heterocycles. The molecule has 2 rings (SSSR count). The maximum Gasteiger partial charge on any atom is 0.273 e. The summed E-state index contributed by atoms with van der Waals surface area (Å²) in [5.74, 6) is 0.263. The van der Waals surface area contributed by atoms with E-state index in [0.29, 0.717) is 23.9 Å². The number of amides is 1. The summed E-state index contributed by atoms with van der Waals surface area (Å²) in [5.41, 5.74) is 6.43.